The average molecular weight is 486 g/mol. The van der Waals surface area contributed by atoms with Gasteiger partial charge in [-0.2, -0.15) is 0 Å². The Hall–Kier alpha value is -2.49. The second-order valence-corrected chi connectivity index (χ2v) is 10.6. The normalized spacial score (nSPS) is 16.3. The van der Waals surface area contributed by atoms with Gasteiger partial charge in [0.15, 0.2) is 5.78 Å². The third-order valence-electron chi connectivity index (χ3n) is 5.98. The third kappa shape index (κ3) is 7.51. The van der Waals surface area contributed by atoms with Crippen LogP contribution in [0.5, 0.6) is 0 Å². The SMILES string of the molecule is CC(C)SC(=O)[C@H](CCC(=O)C=N)NC(=O)[C@H](Cc1c[nH]c2ccccc12)NC1CCNCC1. The molecule has 0 bridgehead atoms. The van der Waals surface area contributed by atoms with Crippen LogP contribution in [0, 0.1) is 5.41 Å². The number of aromatic amines is 1. The molecule has 1 saturated heterocycles. The lowest BCUT2D eigenvalue weighted by Gasteiger charge is -2.29. The van der Waals surface area contributed by atoms with Gasteiger partial charge in [-0.25, -0.2) is 0 Å². The molecular formula is C25H35N5O3S. The zero-order valence-electron chi connectivity index (χ0n) is 19.9. The van der Waals surface area contributed by atoms with Crippen LogP contribution >= 0.6 is 11.8 Å². The van der Waals surface area contributed by atoms with E-state index in [4.69, 9.17) is 5.41 Å². The van der Waals surface area contributed by atoms with E-state index >= 15 is 0 Å². The Morgan fingerprint density at radius 1 is 1.18 bits per heavy atom. The van der Waals surface area contributed by atoms with E-state index in [0.717, 1.165) is 60.4 Å². The molecule has 0 aliphatic carbocycles. The smallest absolute Gasteiger partial charge is 0.238 e. The van der Waals surface area contributed by atoms with E-state index < -0.39 is 12.1 Å². The van der Waals surface area contributed by atoms with Crippen LogP contribution < -0.4 is 16.0 Å². The molecule has 2 heterocycles. The van der Waals surface area contributed by atoms with Crippen molar-refractivity contribution >= 4 is 45.7 Å². The van der Waals surface area contributed by atoms with Crippen molar-refractivity contribution in [3.05, 3.63) is 36.0 Å². The van der Waals surface area contributed by atoms with Gasteiger partial charge in [-0.1, -0.05) is 43.8 Å². The highest BCUT2D eigenvalue weighted by Crippen LogP contribution is 2.21. The minimum atomic E-state index is -0.774. The van der Waals surface area contributed by atoms with Gasteiger partial charge in [-0.3, -0.25) is 14.4 Å². The molecule has 1 aliphatic heterocycles. The van der Waals surface area contributed by atoms with Gasteiger partial charge in [0.25, 0.3) is 0 Å². The summed E-state index contributed by atoms with van der Waals surface area (Å²) in [5.74, 6) is -0.599. The molecular weight excluding hydrogens is 450 g/mol. The molecule has 1 aliphatic rings. The molecule has 0 spiro atoms. The van der Waals surface area contributed by atoms with Gasteiger partial charge in [0.1, 0.15) is 0 Å². The fourth-order valence-corrected chi connectivity index (χ4v) is 5.02. The third-order valence-corrected chi connectivity index (χ3v) is 6.97. The fourth-order valence-electron chi connectivity index (χ4n) is 4.22. The summed E-state index contributed by atoms with van der Waals surface area (Å²) < 4.78 is 0. The lowest BCUT2D eigenvalue weighted by molar-refractivity contribution is -0.127. The van der Waals surface area contributed by atoms with Crippen molar-refractivity contribution in [2.24, 2.45) is 0 Å². The predicted molar refractivity (Wildman–Crippen MR) is 138 cm³/mol. The first-order valence-electron chi connectivity index (χ1n) is 11.9. The lowest BCUT2D eigenvalue weighted by atomic mass is 10.00. The first-order valence-corrected chi connectivity index (χ1v) is 12.8. The Kier molecular flexibility index (Phi) is 9.86. The van der Waals surface area contributed by atoms with Gasteiger partial charge in [0, 0.05) is 34.8 Å². The molecule has 8 nitrogen and oxygen atoms in total. The number of fused-ring (bicyclic) bond motifs is 1. The largest absolute Gasteiger partial charge is 0.361 e. The number of hydrogen-bond acceptors (Lipinski definition) is 7. The second-order valence-electron chi connectivity index (χ2n) is 9.00. The number of carbonyl (C=O) groups excluding carboxylic acids is 3. The first kappa shape index (κ1) is 26.1. The van der Waals surface area contributed by atoms with Gasteiger partial charge in [0.05, 0.1) is 18.3 Å². The van der Waals surface area contributed by atoms with Gasteiger partial charge < -0.3 is 26.3 Å². The highest BCUT2D eigenvalue weighted by Gasteiger charge is 2.29. The number of carbonyl (C=O) groups is 3. The Morgan fingerprint density at radius 3 is 2.62 bits per heavy atom. The number of rotatable bonds is 12. The first-order chi connectivity index (χ1) is 16.4. The van der Waals surface area contributed by atoms with Crippen LogP contribution in [0.3, 0.4) is 0 Å². The summed E-state index contributed by atoms with van der Waals surface area (Å²) in [6.45, 7) is 5.64. The van der Waals surface area contributed by atoms with Gasteiger partial charge in [-0.15, -0.1) is 0 Å². The number of hydrogen-bond donors (Lipinski definition) is 5. The summed E-state index contributed by atoms with van der Waals surface area (Å²) in [5.41, 5.74) is 2.06. The summed E-state index contributed by atoms with van der Waals surface area (Å²) in [6, 6.07) is 6.91. The zero-order chi connectivity index (χ0) is 24.5. The van der Waals surface area contributed by atoms with Crippen LogP contribution in [0.2, 0.25) is 0 Å². The average Bonchev–Trinajstić information content (AvgIpc) is 3.24. The number of Topliss-reactive ketones (excluding diaryl/α,β-unsaturated/α-hetero) is 1. The molecule has 184 valence electrons. The standard InChI is InChI=1S/C25H35N5O3S/c1-16(2)34-25(33)22(8-7-19(31)14-26)30-24(32)23(29-18-9-11-27-12-10-18)13-17-15-28-21-6-4-3-5-20(17)21/h3-6,14-16,18,22-23,26-29H,7-13H2,1-2H3,(H,30,32)/t22-,23-/m0/s1. The zero-order valence-corrected chi connectivity index (χ0v) is 20.7. The molecule has 34 heavy (non-hydrogen) atoms. The molecule has 0 unspecified atom stereocenters. The van der Waals surface area contributed by atoms with Crippen molar-refractivity contribution in [2.75, 3.05) is 13.1 Å². The van der Waals surface area contributed by atoms with Crippen molar-refractivity contribution in [3.63, 3.8) is 0 Å². The summed E-state index contributed by atoms with van der Waals surface area (Å²) in [4.78, 5) is 41.3. The van der Waals surface area contributed by atoms with Crippen molar-refractivity contribution in [3.8, 4) is 0 Å². The molecule has 1 fully saturated rings. The fraction of sp³-hybridized carbons (Fsp3) is 0.520. The molecule has 2 atom stereocenters. The van der Waals surface area contributed by atoms with Crippen molar-refractivity contribution in [1.82, 2.24) is 20.9 Å². The number of para-hydroxylation sites is 1. The monoisotopic (exact) mass is 485 g/mol. The highest BCUT2D eigenvalue weighted by atomic mass is 32.2. The number of H-pyrrole nitrogens is 1. The van der Waals surface area contributed by atoms with Crippen molar-refractivity contribution in [2.45, 2.75) is 69.3 Å². The topological polar surface area (TPSA) is 127 Å². The minimum Gasteiger partial charge on any atom is -0.361 e. The number of benzene rings is 1. The maximum atomic E-state index is 13.5. The Morgan fingerprint density at radius 2 is 1.91 bits per heavy atom. The molecule has 9 heteroatoms. The van der Waals surface area contributed by atoms with Crippen molar-refractivity contribution < 1.29 is 14.4 Å². The number of piperidine rings is 1. The van der Waals surface area contributed by atoms with Crippen LogP contribution in [0.4, 0.5) is 0 Å². The summed E-state index contributed by atoms with van der Waals surface area (Å²) in [7, 11) is 0. The number of amides is 1. The molecule has 1 aromatic carbocycles. The van der Waals surface area contributed by atoms with E-state index in [1.165, 1.54) is 0 Å². The molecule has 0 saturated carbocycles. The second kappa shape index (κ2) is 12.8. The van der Waals surface area contributed by atoms with E-state index in [1.807, 2.05) is 44.3 Å². The summed E-state index contributed by atoms with van der Waals surface area (Å²) >= 11 is 1.16. The number of nitrogens with one attached hydrogen (secondary N) is 5. The van der Waals surface area contributed by atoms with Gasteiger partial charge in [-0.05, 0) is 50.4 Å². The van der Waals surface area contributed by atoms with Crippen LogP contribution in [0.25, 0.3) is 10.9 Å². The lowest BCUT2D eigenvalue weighted by Crippen LogP contribution is -2.54. The Bertz CT molecular complexity index is 999. The summed E-state index contributed by atoms with van der Waals surface area (Å²) in [5, 5.41) is 17.9. The molecule has 3 rings (SSSR count). The number of ketones is 1. The summed E-state index contributed by atoms with van der Waals surface area (Å²) in [6.07, 6.45) is 5.28. The molecule has 1 amide bonds. The highest BCUT2D eigenvalue weighted by molar-refractivity contribution is 8.14. The number of aromatic nitrogens is 1. The van der Waals surface area contributed by atoms with Crippen LogP contribution in [-0.4, -0.2) is 64.5 Å². The minimum absolute atomic E-state index is 0.0493. The van der Waals surface area contributed by atoms with E-state index in [0.29, 0.717) is 6.42 Å². The number of thioether (sulfide) groups is 1. The molecule has 5 N–H and O–H groups in total. The predicted octanol–water partition coefficient (Wildman–Crippen LogP) is 2.57. The Balaban J connectivity index is 1.78. The molecule has 1 aromatic heterocycles. The Labute approximate surface area is 204 Å². The van der Waals surface area contributed by atoms with Gasteiger partial charge >= 0.3 is 0 Å². The van der Waals surface area contributed by atoms with E-state index in [2.05, 4.69) is 20.9 Å². The van der Waals surface area contributed by atoms with E-state index in [-0.39, 0.29) is 40.9 Å². The van der Waals surface area contributed by atoms with Crippen molar-refractivity contribution in [1.29, 1.82) is 5.41 Å². The maximum Gasteiger partial charge on any atom is 0.238 e. The molecule has 2 aromatic rings. The van der Waals surface area contributed by atoms with E-state index in [9.17, 15) is 14.4 Å². The molecule has 0 radical (unpaired) electrons. The van der Waals surface area contributed by atoms with Crippen LogP contribution in [-0.2, 0) is 20.8 Å². The van der Waals surface area contributed by atoms with Gasteiger partial charge in [0.2, 0.25) is 11.0 Å². The van der Waals surface area contributed by atoms with E-state index in [1.54, 1.807) is 0 Å². The quantitative estimate of drug-likeness (QED) is 0.294. The van der Waals surface area contributed by atoms with Crippen LogP contribution in [0.15, 0.2) is 30.5 Å². The maximum absolute atomic E-state index is 13.5. The van der Waals surface area contributed by atoms with Crippen LogP contribution in [0.1, 0.15) is 45.1 Å².